The molecule has 0 bridgehead atoms. The zero-order valence-corrected chi connectivity index (χ0v) is 19.3. The van der Waals surface area contributed by atoms with Crippen molar-refractivity contribution in [3.63, 3.8) is 0 Å². The molecule has 12 heteroatoms. The van der Waals surface area contributed by atoms with Crippen molar-refractivity contribution >= 4 is 46.2 Å². The Kier molecular flexibility index (Phi) is 7.21. The third-order valence-corrected chi connectivity index (χ3v) is 5.50. The van der Waals surface area contributed by atoms with Crippen LogP contribution in [0.3, 0.4) is 0 Å². The molecular formula is C24H19ClN6O5. The number of hydrogen-bond acceptors (Lipinski definition) is 6. The summed E-state index contributed by atoms with van der Waals surface area (Å²) < 4.78 is 0. The molecule has 0 radical (unpaired) electrons. The summed E-state index contributed by atoms with van der Waals surface area (Å²) in [5.74, 6) is -1.49. The van der Waals surface area contributed by atoms with Crippen LogP contribution in [0.4, 0.5) is 10.5 Å². The van der Waals surface area contributed by atoms with Crippen LogP contribution in [0.5, 0.6) is 0 Å². The smallest absolute Gasteiger partial charge is 0.426 e. The van der Waals surface area contributed by atoms with Gasteiger partial charge in [0, 0.05) is 23.7 Å². The Labute approximate surface area is 208 Å². The van der Waals surface area contributed by atoms with E-state index in [0.717, 1.165) is 10.6 Å². The van der Waals surface area contributed by atoms with Crippen molar-refractivity contribution in [3.8, 4) is 0 Å². The SMILES string of the molecule is O=C(NN(CCc1ccccc1)C(=O)O)c1ccc(Cl)c(NC(=O)c2cc3cncnc3[nH]c2=O)c1. The first kappa shape index (κ1) is 24.4. The molecule has 0 saturated heterocycles. The van der Waals surface area contributed by atoms with E-state index in [1.807, 2.05) is 30.3 Å². The largest absolute Gasteiger partial charge is 0.464 e. The van der Waals surface area contributed by atoms with Gasteiger partial charge in [0.1, 0.15) is 17.5 Å². The standard InChI is InChI=1S/C24H19ClN6O5/c25-18-7-6-15(21(32)30-31(24(35)36)9-8-14-4-2-1-3-5-14)11-19(18)28-22(33)17-10-16-12-26-13-27-20(16)29-23(17)34/h1-7,10-13H,8-9H2,(H,28,33)(H,30,32)(H,35,36)(H,26,27,29,34). The van der Waals surface area contributed by atoms with Gasteiger partial charge in [0.15, 0.2) is 0 Å². The molecule has 2 heterocycles. The number of H-pyrrole nitrogens is 1. The summed E-state index contributed by atoms with van der Waals surface area (Å²) in [5, 5.41) is 13.3. The number of carbonyl (C=O) groups excluding carboxylic acids is 2. The summed E-state index contributed by atoms with van der Waals surface area (Å²) in [7, 11) is 0. The number of hydrazine groups is 1. The minimum atomic E-state index is -1.33. The van der Waals surface area contributed by atoms with Gasteiger partial charge in [0.05, 0.1) is 10.7 Å². The summed E-state index contributed by atoms with van der Waals surface area (Å²) >= 11 is 6.18. The lowest BCUT2D eigenvalue weighted by Crippen LogP contribution is -2.46. The van der Waals surface area contributed by atoms with Crippen molar-refractivity contribution in [1.29, 1.82) is 0 Å². The topological polar surface area (TPSA) is 157 Å². The van der Waals surface area contributed by atoms with E-state index >= 15 is 0 Å². The number of hydrogen-bond donors (Lipinski definition) is 4. The Morgan fingerprint density at radius 2 is 1.83 bits per heavy atom. The summed E-state index contributed by atoms with van der Waals surface area (Å²) in [4.78, 5) is 59.8. The zero-order chi connectivity index (χ0) is 25.7. The van der Waals surface area contributed by atoms with Crippen LogP contribution >= 0.6 is 11.6 Å². The van der Waals surface area contributed by atoms with Crippen molar-refractivity contribution < 1.29 is 19.5 Å². The predicted octanol–water partition coefficient (Wildman–Crippen LogP) is 3.09. The molecule has 11 nitrogen and oxygen atoms in total. The Balaban J connectivity index is 1.49. The van der Waals surface area contributed by atoms with Gasteiger partial charge >= 0.3 is 6.09 Å². The number of carboxylic acid groups (broad SMARTS) is 1. The van der Waals surface area contributed by atoms with Gasteiger partial charge in [0.25, 0.3) is 17.4 Å². The number of fused-ring (bicyclic) bond motifs is 1. The highest BCUT2D eigenvalue weighted by Gasteiger charge is 2.19. The number of carbonyl (C=O) groups is 3. The number of aromatic amines is 1. The minimum Gasteiger partial charge on any atom is -0.464 e. The monoisotopic (exact) mass is 506 g/mol. The van der Waals surface area contributed by atoms with Gasteiger partial charge < -0.3 is 15.4 Å². The van der Waals surface area contributed by atoms with Gasteiger partial charge in [-0.2, -0.15) is 0 Å². The highest BCUT2D eigenvalue weighted by Crippen LogP contribution is 2.24. The van der Waals surface area contributed by atoms with Crippen molar-refractivity contribution in [2.75, 3.05) is 11.9 Å². The molecule has 0 saturated carbocycles. The molecule has 182 valence electrons. The van der Waals surface area contributed by atoms with Gasteiger partial charge in [-0.3, -0.25) is 19.8 Å². The van der Waals surface area contributed by atoms with E-state index in [9.17, 15) is 24.3 Å². The highest BCUT2D eigenvalue weighted by molar-refractivity contribution is 6.34. The number of halogens is 1. The molecule has 0 aliphatic rings. The van der Waals surface area contributed by atoms with Gasteiger partial charge in [-0.15, -0.1) is 0 Å². The first-order chi connectivity index (χ1) is 17.3. The Hall–Kier alpha value is -4.77. The molecule has 4 N–H and O–H groups in total. The third-order valence-electron chi connectivity index (χ3n) is 5.17. The lowest BCUT2D eigenvalue weighted by atomic mass is 10.1. The van der Waals surface area contributed by atoms with E-state index in [2.05, 4.69) is 25.7 Å². The van der Waals surface area contributed by atoms with E-state index in [4.69, 9.17) is 11.6 Å². The van der Waals surface area contributed by atoms with Gasteiger partial charge in [-0.25, -0.2) is 19.8 Å². The molecule has 4 aromatic rings. The Morgan fingerprint density at radius 1 is 1.06 bits per heavy atom. The fourth-order valence-electron chi connectivity index (χ4n) is 3.34. The van der Waals surface area contributed by atoms with Gasteiger partial charge in [0.2, 0.25) is 0 Å². The molecule has 0 aliphatic heterocycles. The van der Waals surface area contributed by atoms with Crippen LogP contribution in [0.25, 0.3) is 11.0 Å². The molecular weight excluding hydrogens is 488 g/mol. The van der Waals surface area contributed by atoms with Crippen molar-refractivity contribution in [2.24, 2.45) is 0 Å². The van der Waals surface area contributed by atoms with E-state index in [-0.39, 0.29) is 34.0 Å². The molecule has 0 fully saturated rings. The van der Waals surface area contributed by atoms with Crippen LogP contribution in [0.2, 0.25) is 5.02 Å². The second-order valence-electron chi connectivity index (χ2n) is 7.60. The lowest BCUT2D eigenvalue weighted by molar-refractivity contribution is 0.0757. The number of aromatic nitrogens is 3. The first-order valence-corrected chi connectivity index (χ1v) is 11.0. The van der Waals surface area contributed by atoms with Crippen LogP contribution in [0.15, 0.2) is 71.9 Å². The van der Waals surface area contributed by atoms with E-state index in [0.29, 0.717) is 11.8 Å². The second-order valence-corrected chi connectivity index (χ2v) is 8.01. The Bertz CT molecular complexity index is 1510. The minimum absolute atomic E-state index is 0.0245. The number of pyridine rings is 1. The molecule has 0 atom stereocenters. The molecule has 4 rings (SSSR count). The van der Waals surface area contributed by atoms with Crippen LogP contribution < -0.4 is 16.3 Å². The van der Waals surface area contributed by atoms with Gasteiger partial charge in [-0.05, 0) is 36.2 Å². The summed E-state index contributed by atoms with van der Waals surface area (Å²) in [6.07, 6.45) is 1.77. The molecule has 2 aromatic carbocycles. The summed E-state index contributed by atoms with van der Waals surface area (Å²) in [5.41, 5.74) is 2.75. The number of nitrogens with zero attached hydrogens (tertiary/aromatic N) is 3. The van der Waals surface area contributed by atoms with E-state index in [1.165, 1.54) is 36.8 Å². The fraction of sp³-hybridized carbons (Fsp3) is 0.0833. The average molecular weight is 507 g/mol. The lowest BCUT2D eigenvalue weighted by Gasteiger charge is -2.20. The number of rotatable bonds is 6. The van der Waals surface area contributed by atoms with Crippen molar-refractivity contribution in [2.45, 2.75) is 6.42 Å². The normalized spacial score (nSPS) is 10.6. The van der Waals surface area contributed by atoms with Crippen molar-refractivity contribution in [1.82, 2.24) is 25.4 Å². The maximum absolute atomic E-state index is 12.8. The first-order valence-electron chi connectivity index (χ1n) is 10.6. The maximum atomic E-state index is 12.8. The number of amides is 3. The summed E-state index contributed by atoms with van der Waals surface area (Å²) in [6, 6.07) is 14.6. The van der Waals surface area contributed by atoms with Crippen LogP contribution in [0.1, 0.15) is 26.3 Å². The molecule has 3 amide bonds. The number of nitrogens with one attached hydrogen (secondary N) is 3. The van der Waals surface area contributed by atoms with E-state index < -0.39 is 23.5 Å². The quantitative estimate of drug-likeness (QED) is 0.292. The number of anilines is 1. The third kappa shape index (κ3) is 5.65. The summed E-state index contributed by atoms with van der Waals surface area (Å²) in [6.45, 7) is 0.0245. The van der Waals surface area contributed by atoms with E-state index in [1.54, 1.807) is 0 Å². The van der Waals surface area contributed by atoms with Crippen LogP contribution in [0, 0.1) is 0 Å². The van der Waals surface area contributed by atoms with Gasteiger partial charge in [-0.1, -0.05) is 41.9 Å². The highest BCUT2D eigenvalue weighted by atomic mass is 35.5. The molecule has 0 spiro atoms. The maximum Gasteiger partial charge on any atom is 0.426 e. The van der Waals surface area contributed by atoms with Crippen LogP contribution in [-0.4, -0.2) is 49.5 Å². The molecule has 36 heavy (non-hydrogen) atoms. The second kappa shape index (κ2) is 10.7. The fourth-order valence-corrected chi connectivity index (χ4v) is 3.50. The molecule has 0 unspecified atom stereocenters. The molecule has 0 aliphatic carbocycles. The zero-order valence-electron chi connectivity index (χ0n) is 18.6. The Morgan fingerprint density at radius 3 is 2.58 bits per heavy atom. The average Bonchev–Trinajstić information content (AvgIpc) is 2.87. The molecule has 2 aromatic heterocycles. The number of benzene rings is 2. The van der Waals surface area contributed by atoms with Crippen molar-refractivity contribution in [3.05, 3.63) is 99.2 Å². The predicted molar refractivity (Wildman–Crippen MR) is 132 cm³/mol. The van der Waals surface area contributed by atoms with Crippen LogP contribution in [-0.2, 0) is 6.42 Å².